The number of ether oxygens (including phenoxy) is 1. The third-order valence-corrected chi connectivity index (χ3v) is 2.92. The molecule has 0 aliphatic heterocycles. The molecule has 1 rings (SSSR count). The van der Waals surface area contributed by atoms with Crippen molar-refractivity contribution in [2.75, 3.05) is 6.61 Å². The molecule has 0 aliphatic carbocycles. The maximum absolute atomic E-state index is 10.8. The van der Waals surface area contributed by atoms with Crippen molar-refractivity contribution in [2.24, 2.45) is 5.92 Å². The Morgan fingerprint density at radius 3 is 2.81 bits per heavy atom. The van der Waals surface area contributed by atoms with Crippen molar-refractivity contribution in [1.82, 2.24) is 0 Å². The molecule has 16 heavy (non-hydrogen) atoms. The Labute approximate surface area is 105 Å². The SMILES string of the molecule is CC(C)CCCOc1c(Br)cccc1C=O. The predicted octanol–water partition coefficient (Wildman–Crippen LogP) is 4.08. The van der Waals surface area contributed by atoms with Gasteiger partial charge in [0.2, 0.25) is 0 Å². The van der Waals surface area contributed by atoms with Crippen LogP contribution in [0.4, 0.5) is 0 Å². The molecule has 0 radical (unpaired) electrons. The first kappa shape index (κ1) is 13.2. The van der Waals surface area contributed by atoms with Crippen LogP contribution in [0.1, 0.15) is 37.0 Å². The van der Waals surface area contributed by atoms with E-state index in [1.165, 1.54) is 0 Å². The second-order valence-electron chi connectivity index (χ2n) is 4.16. The smallest absolute Gasteiger partial charge is 0.153 e. The Morgan fingerprint density at radius 2 is 2.19 bits per heavy atom. The average Bonchev–Trinajstić information content (AvgIpc) is 2.25. The molecule has 0 saturated heterocycles. The van der Waals surface area contributed by atoms with Gasteiger partial charge in [-0.1, -0.05) is 19.9 Å². The quantitative estimate of drug-likeness (QED) is 0.581. The molecule has 88 valence electrons. The average molecular weight is 285 g/mol. The molecule has 3 heteroatoms. The maximum Gasteiger partial charge on any atom is 0.153 e. The summed E-state index contributed by atoms with van der Waals surface area (Å²) in [6.45, 7) is 5.03. The Kier molecular flexibility index (Phi) is 5.53. The number of carbonyl (C=O) groups excluding carboxylic acids is 1. The number of para-hydroxylation sites is 1. The van der Waals surface area contributed by atoms with E-state index in [4.69, 9.17) is 4.74 Å². The van der Waals surface area contributed by atoms with Gasteiger partial charge in [-0.15, -0.1) is 0 Å². The van der Waals surface area contributed by atoms with Gasteiger partial charge in [0, 0.05) is 0 Å². The van der Waals surface area contributed by atoms with Gasteiger partial charge >= 0.3 is 0 Å². The molecular formula is C13H17BrO2. The van der Waals surface area contributed by atoms with Crippen LogP contribution >= 0.6 is 15.9 Å². The first-order valence-electron chi connectivity index (χ1n) is 5.51. The molecule has 1 aromatic rings. The Hall–Kier alpha value is -0.830. The van der Waals surface area contributed by atoms with Gasteiger partial charge in [-0.2, -0.15) is 0 Å². The van der Waals surface area contributed by atoms with E-state index in [1.54, 1.807) is 6.07 Å². The first-order valence-corrected chi connectivity index (χ1v) is 6.31. The molecule has 0 heterocycles. The molecular weight excluding hydrogens is 268 g/mol. The molecule has 0 unspecified atom stereocenters. The molecule has 0 aromatic heterocycles. The monoisotopic (exact) mass is 284 g/mol. The minimum absolute atomic E-state index is 0.596. The minimum atomic E-state index is 0.596. The van der Waals surface area contributed by atoms with Gasteiger partial charge in [0.1, 0.15) is 5.75 Å². The van der Waals surface area contributed by atoms with Crippen molar-refractivity contribution in [3.05, 3.63) is 28.2 Å². The number of benzene rings is 1. The van der Waals surface area contributed by atoms with Crippen LogP contribution in [0.15, 0.2) is 22.7 Å². The number of hydrogen-bond acceptors (Lipinski definition) is 2. The van der Waals surface area contributed by atoms with E-state index in [0.717, 1.165) is 23.6 Å². The van der Waals surface area contributed by atoms with Gasteiger partial charge in [-0.25, -0.2) is 0 Å². The van der Waals surface area contributed by atoms with Gasteiger partial charge in [0.25, 0.3) is 0 Å². The molecule has 0 saturated carbocycles. The van der Waals surface area contributed by atoms with E-state index in [2.05, 4.69) is 29.8 Å². The van der Waals surface area contributed by atoms with Crippen molar-refractivity contribution >= 4 is 22.2 Å². The molecule has 0 spiro atoms. The maximum atomic E-state index is 10.8. The van der Waals surface area contributed by atoms with Crippen LogP contribution in [0.2, 0.25) is 0 Å². The first-order chi connectivity index (χ1) is 7.65. The minimum Gasteiger partial charge on any atom is -0.492 e. The van der Waals surface area contributed by atoms with Crippen LogP contribution < -0.4 is 4.74 Å². The summed E-state index contributed by atoms with van der Waals surface area (Å²) < 4.78 is 6.47. The third-order valence-electron chi connectivity index (χ3n) is 2.30. The van der Waals surface area contributed by atoms with Crippen LogP contribution in [-0.4, -0.2) is 12.9 Å². The zero-order valence-corrected chi connectivity index (χ0v) is 11.3. The zero-order chi connectivity index (χ0) is 12.0. The summed E-state index contributed by atoms with van der Waals surface area (Å²) in [5.41, 5.74) is 0.596. The van der Waals surface area contributed by atoms with Gasteiger partial charge in [-0.3, -0.25) is 4.79 Å². The van der Waals surface area contributed by atoms with Crippen molar-refractivity contribution in [1.29, 1.82) is 0 Å². The predicted molar refractivity (Wildman–Crippen MR) is 69.1 cm³/mol. The normalized spacial score (nSPS) is 10.5. The highest BCUT2D eigenvalue weighted by atomic mass is 79.9. The number of rotatable bonds is 6. The van der Waals surface area contributed by atoms with Crippen LogP contribution in [0.3, 0.4) is 0 Å². The van der Waals surface area contributed by atoms with Crippen molar-refractivity contribution in [3.63, 3.8) is 0 Å². The molecule has 0 atom stereocenters. The summed E-state index contributed by atoms with van der Waals surface area (Å²) in [5, 5.41) is 0. The fourth-order valence-corrected chi connectivity index (χ4v) is 1.93. The molecule has 0 aliphatic rings. The molecule has 0 fully saturated rings. The number of hydrogen-bond donors (Lipinski definition) is 0. The van der Waals surface area contributed by atoms with E-state index < -0.39 is 0 Å². The van der Waals surface area contributed by atoms with Gasteiger partial charge in [0.05, 0.1) is 16.6 Å². The second kappa shape index (κ2) is 6.69. The molecule has 0 N–H and O–H groups in total. The summed E-state index contributed by atoms with van der Waals surface area (Å²) >= 11 is 3.39. The topological polar surface area (TPSA) is 26.3 Å². The van der Waals surface area contributed by atoms with Crippen molar-refractivity contribution in [3.8, 4) is 5.75 Å². The van der Waals surface area contributed by atoms with Crippen molar-refractivity contribution in [2.45, 2.75) is 26.7 Å². The van der Waals surface area contributed by atoms with Gasteiger partial charge in [0.15, 0.2) is 6.29 Å². The summed E-state index contributed by atoms with van der Waals surface area (Å²) in [6.07, 6.45) is 2.97. The summed E-state index contributed by atoms with van der Waals surface area (Å²) in [4.78, 5) is 10.8. The van der Waals surface area contributed by atoms with E-state index in [0.29, 0.717) is 23.8 Å². The largest absolute Gasteiger partial charge is 0.492 e. The Morgan fingerprint density at radius 1 is 1.44 bits per heavy atom. The molecule has 0 amide bonds. The highest BCUT2D eigenvalue weighted by Crippen LogP contribution is 2.28. The fraction of sp³-hybridized carbons (Fsp3) is 0.462. The summed E-state index contributed by atoms with van der Waals surface area (Å²) in [5.74, 6) is 1.34. The lowest BCUT2D eigenvalue weighted by Gasteiger charge is -2.10. The van der Waals surface area contributed by atoms with Crippen molar-refractivity contribution < 1.29 is 9.53 Å². The van der Waals surface area contributed by atoms with Gasteiger partial charge in [-0.05, 0) is 46.8 Å². The lowest BCUT2D eigenvalue weighted by atomic mass is 10.1. The van der Waals surface area contributed by atoms with Crippen LogP contribution in [-0.2, 0) is 0 Å². The highest BCUT2D eigenvalue weighted by molar-refractivity contribution is 9.10. The standard InChI is InChI=1S/C13H17BrO2/c1-10(2)5-4-8-16-13-11(9-15)6-3-7-12(13)14/h3,6-7,9-10H,4-5,8H2,1-2H3. The lowest BCUT2D eigenvalue weighted by Crippen LogP contribution is -2.02. The molecule has 1 aromatic carbocycles. The number of carbonyl (C=O) groups is 1. The third kappa shape index (κ3) is 3.97. The van der Waals surface area contributed by atoms with Gasteiger partial charge < -0.3 is 4.74 Å². The van der Waals surface area contributed by atoms with E-state index in [-0.39, 0.29) is 0 Å². The lowest BCUT2D eigenvalue weighted by molar-refractivity contribution is 0.111. The Bertz CT molecular complexity index is 348. The van der Waals surface area contributed by atoms with E-state index in [9.17, 15) is 4.79 Å². The van der Waals surface area contributed by atoms with Crippen LogP contribution in [0, 0.1) is 5.92 Å². The summed E-state index contributed by atoms with van der Waals surface area (Å²) in [7, 11) is 0. The van der Waals surface area contributed by atoms with Crippen LogP contribution in [0.25, 0.3) is 0 Å². The zero-order valence-electron chi connectivity index (χ0n) is 9.70. The second-order valence-corrected chi connectivity index (χ2v) is 5.01. The van der Waals surface area contributed by atoms with Crippen LogP contribution in [0.5, 0.6) is 5.75 Å². The molecule has 0 bridgehead atoms. The number of aldehydes is 1. The number of halogens is 1. The van der Waals surface area contributed by atoms with E-state index in [1.807, 2.05) is 12.1 Å². The molecule has 2 nitrogen and oxygen atoms in total. The van der Waals surface area contributed by atoms with E-state index >= 15 is 0 Å². The highest BCUT2D eigenvalue weighted by Gasteiger charge is 2.06. The fourth-order valence-electron chi connectivity index (χ4n) is 1.44. The summed E-state index contributed by atoms with van der Waals surface area (Å²) in [6, 6.07) is 5.47. The Balaban J connectivity index is 2.55.